The topological polar surface area (TPSA) is 38.3 Å². The van der Waals surface area contributed by atoms with Crippen molar-refractivity contribution in [3.05, 3.63) is 72.0 Å². The molecule has 0 unspecified atom stereocenters. The summed E-state index contributed by atoms with van der Waals surface area (Å²) in [6, 6.07) is 18.0. The van der Waals surface area contributed by atoms with Crippen LogP contribution < -0.4 is 10.1 Å². The fourth-order valence-corrected chi connectivity index (χ4v) is 2.50. The van der Waals surface area contributed by atoms with Crippen molar-refractivity contribution in [2.75, 3.05) is 19.0 Å². The highest BCUT2D eigenvalue weighted by atomic mass is 19.1. The average molecular weight is 309 g/mol. The minimum Gasteiger partial charge on any atom is -0.494 e. The molecule has 0 bridgehead atoms. The normalized spacial score (nSPS) is 10.5. The molecule has 0 amide bonds. The summed E-state index contributed by atoms with van der Waals surface area (Å²) in [6.07, 6.45) is 0. The van der Waals surface area contributed by atoms with Gasteiger partial charge in [-0.05, 0) is 29.7 Å². The van der Waals surface area contributed by atoms with E-state index < -0.39 is 5.82 Å². The Kier molecular flexibility index (Phi) is 4.24. The summed E-state index contributed by atoms with van der Waals surface area (Å²) in [4.78, 5) is 12.2. The smallest absolute Gasteiger partial charge is 0.181 e. The van der Waals surface area contributed by atoms with E-state index in [0.29, 0.717) is 5.56 Å². The zero-order valence-electron chi connectivity index (χ0n) is 12.7. The molecule has 0 heterocycles. The molecule has 0 spiro atoms. The van der Waals surface area contributed by atoms with Crippen molar-refractivity contribution in [1.29, 1.82) is 0 Å². The van der Waals surface area contributed by atoms with Crippen molar-refractivity contribution in [2.45, 2.75) is 0 Å². The summed E-state index contributed by atoms with van der Waals surface area (Å²) in [5, 5.41) is 5.27. The number of fused-ring (bicyclic) bond motifs is 1. The van der Waals surface area contributed by atoms with Crippen molar-refractivity contribution in [3.63, 3.8) is 0 Å². The first-order chi connectivity index (χ1) is 11.2. The Morgan fingerprint density at radius 1 is 1.09 bits per heavy atom. The number of Topliss-reactive ketones (excluding diaryl/α,β-unsaturated/α-hetero) is 1. The summed E-state index contributed by atoms with van der Waals surface area (Å²) in [6.45, 7) is 0.0970. The van der Waals surface area contributed by atoms with Gasteiger partial charge in [-0.25, -0.2) is 4.39 Å². The number of carbonyl (C=O) groups excluding carboxylic acids is 1. The lowest BCUT2D eigenvalue weighted by Crippen LogP contribution is -2.14. The van der Waals surface area contributed by atoms with Gasteiger partial charge < -0.3 is 10.1 Å². The number of ketones is 1. The van der Waals surface area contributed by atoms with Gasteiger partial charge in [-0.2, -0.15) is 0 Å². The number of rotatable bonds is 5. The summed E-state index contributed by atoms with van der Waals surface area (Å²) in [5.74, 6) is -0.591. The van der Waals surface area contributed by atoms with E-state index in [1.54, 1.807) is 6.07 Å². The summed E-state index contributed by atoms with van der Waals surface area (Å²) in [5.41, 5.74) is 1.20. The molecule has 0 aliphatic carbocycles. The minimum absolute atomic E-state index is 0.0970. The Hall–Kier alpha value is -2.88. The molecule has 3 aromatic carbocycles. The second-order valence-electron chi connectivity index (χ2n) is 5.15. The summed E-state index contributed by atoms with van der Waals surface area (Å²) in [7, 11) is 1.39. The predicted octanol–water partition coefficient (Wildman–Crippen LogP) is 4.28. The minimum atomic E-state index is -0.538. The van der Waals surface area contributed by atoms with Crippen molar-refractivity contribution in [2.24, 2.45) is 0 Å². The van der Waals surface area contributed by atoms with E-state index in [0.717, 1.165) is 16.5 Å². The van der Waals surface area contributed by atoms with Crippen LogP contribution in [0.4, 0.5) is 10.1 Å². The molecule has 23 heavy (non-hydrogen) atoms. The van der Waals surface area contributed by atoms with E-state index in [2.05, 4.69) is 5.32 Å². The third-order valence-corrected chi connectivity index (χ3v) is 3.70. The number of ether oxygens (including phenoxy) is 1. The molecule has 0 radical (unpaired) electrons. The second kappa shape index (κ2) is 6.48. The van der Waals surface area contributed by atoms with Gasteiger partial charge in [0.1, 0.15) is 0 Å². The Morgan fingerprint density at radius 3 is 2.65 bits per heavy atom. The van der Waals surface area contributed by atoms with Crippen LogP contribution in [0.15, 0.2) is 60.7 Å². The van der Waals surface area contributed by atoms with E-state index in [1.807, 2.05) is 42.5 Å². The Morgan fingerprint density at radius 2 is 1.87 bits per heavy atom. The second-order valence-corrected chi connectivity index (χ2v) is 5.15. The SMILES string of the molecule is COc1ccc(C(=O)CNc2cccc3ccccc23)cc1F. The molecule has 3 nitrogen and oxygen atoms in total. The highest BCUT2D eigenvalue weighted by Crippen LogP contribution is 2.23. The molecule has 0 aliphatic heterocycles. The van der Waals surface area contributed by atoms with Crippen LogP contribution in [0.1, 0.15) is 10.4 Å². The van der Waals surface area contributed by atoms with Crippen LogP contribution in [-0.4, -0.2) is 19.4 Å². The van der Waals surface area contributed by atoms with E-state index in [1.165, 1.54) is 19.2 Å². The predicted molar refractivity (Wildman–Crippen MR) is 89.7 cm³/mol. The highest BCUT2D eigenvalue weighted by molar-refractivity contribution is 6.01. The quantitative estimate of drug-likeness (QED) is 0.715. The number of hydrogen-bond donors (Lipinski definition) is 1. The molecule has 0 aromatic heterocycles. The van der Waals surface area contributed by atoms with E-state index in [9.17, 15) is 9.18 Å². The molecule has 1 N–H and O–H groups in total. The lowest BCUT2D eigenvalue weighted by molar-refractivity contribution is 0.101. The van der Waals surface area contributed by atoms with Crippen LogP contribution in [0.5, 0.6) is 5.75 Å². The van der Waals surface area contributed by atoms with Crippen LogP contribution in [-0.2, 0) is 0 Å². The van der Waals surface area contributed by atoms with Gasteiger partial charge in [-0.15, -0.1) is 0 Å². The maximum atomic E-state index is 13.7. The molecule has 0 fully saturated rings. The van der Waals surface area contributed by atoms with Crippen molar-refractivity contribution in [3.8, 4) is 5.75 Å². The first-order valence-corrected chi connectivity index (χ1v) is 7.27. The monoisotopic (exact) mass is 309 g/mol. The lowest BCUT2D eigenvalue weighted by atomic mass is 10.1. The standard InChI is InChI=1S/C19H16FNO2/c1-23-19-10-9-14(11-16(19)20)18(22)12-21-17-8-4-6-13-5-2-3-7-15(13)17/h2-11,21H,12H2,1H3. The number of anilines is 1. The summed E-state index contributed by atoms with van der Waals surface area (Å²) >= 11 is 0. The molecule has 0 aliphatic rings. The van der Waals surface area contributed by atoms with Crippen LogP contribution >= 0.6 is 0 Å². The van der Waals surface area contributed by atoms with E-state index in [4.69, 9.17) is 4.74 Å². The zero-order chi connectivity index (χ0) is 16.2. The fourth-order valence-electron chi connectivity index (χ4n) is 2.50. The molecule has 0 saturated heterocycles. The molecule has 0 saturated carbocycles. The summed E-state index contributed by atoms with van der Waals surface area (Å²) < 4.78 is 18.5. The highest BCUT2D eigenvalue weighted by Gasteiger charge is 2.10. The van der Waals surface area contributed by atoms with Gasteiger partial charge in [0, 0.05) is 16.6 Å². The van der Waals surface area contributed by atoms with Gasteiger partial charge in [-0.1, -0.05) is 36.4 Å². The van der Waals surface area contributed by atoms with Gasteiger partial charge in [-0.3, -0.25) is 4.79 Å². The van der Waals surface area contributed by atoms with Crippen molar-refractivity contribution < 1.29 is 13.9 Å². The number of methoxy groups -OCH3 is 1. The first kappa shape index (κ1) is 15.0. The zero-order valence-corrected chi connectivity index (χ0v) is 12.7. The molecule has 116 valence electrons. The maximum Gasteiger partial charge on any atom is 0.181 e. The molecule has 3 rings (SSSR count). The Labute approximate surface area is 133 Å². The van der Waals surface area contributed by atoms with Gasteiger partial charge in [0.15, 0.2) is 17.3 Å². The fraction of sp³-hybridized carbons (Fsp3) is 0.105. The third-order valence-electron chi connectivity index (χ3n) is 3.70. The molecular formula is C19H16FNO2. The number of hydrogen-bond acceptors (Lipinski definition) is 3. The van der Waals surface area contributed by atoms with Crippen LogP contribution in [0.2, 0.25) is 0 Å². The van der Waals surface area contributed by atoms with Crippen LogP contribution in [0.3, 0.4) is 0 Å². The van der Waals surface area contributed by atoms with Crippen LogP contribution in [0, 0.1) is 5.82 Å². The number of nitrogens with one attached hydrogen (secondary N) is 1. The average Bonchev–Trinajstić information content (AvgIpc) is 2.59. The lowest BCUT2D eigenvalue weighted by Gasteiger charge is -2.10. The van der Waals surface area contributed by atoms with Gasteiger partial charge >= 0.3 is 0 Å². The van der Waals surface area contributed by atoms with Gasteiger partial charge in [0.25, 0.3) is 0 Å². The Bertz CT molecular complexity index is 856. The first-order valence-electron chi connectivity index (χ1n) is 7.27. The van der Waals surface area contributed by atoms with E-state index in [-0.39, 0.29) is 18.1 Å². The molecule has 0 atom stereocenters. The van der Waals surface area contributed by atoms with Crippen molar-refractivity contribution in [1.82, 2.24) is 0 Å². The Balaban J connectivity index is 1.77. The van der Waals surface area contributed by atoms with Crippen LogP contribution in [0.25, 0.3) is 10.8 Å². The maximum absolute atomic E-state index is 13.7. The third kappa shape index (κ3) is 3.16. The molecule has 3 aromatic rings. The molecule has 4 heteroatoms. The number of benzene rings is 3. The number of carbonyl (C=O) groups is 1. The molecular weight excluding hydrogens is 293 g/mol. The van der Waals surface area contributed by atoms with Crippen molar-refractivity contribution >= 4 is 22.2 Å². The largest absolute Gasteiger partial charge is 0.494 e. The van der Waals surface area contributed by atoms with Gasteiger partial charge in [0.05, 0.1) is 13.7 Å². The van der Waals surface area contributed by atoms with Gasteiger partial charge in [0.2, 0.25) is 0 Å². The number of halogens is 1. The van der Waals surface area contributed by atoms with E-state index >= 15 is 0 Å².